The first-order chi connectivity index (χ1) is 8.70. The number of rotatable bonds is 4. The van der Waals surface area contributed by atoms with Crippen LogP contribution in [0.5, 0.6) is 0 Å². The summed E-state index contributed by atoms with van der Waals surface area (Å²) < 4.78 is 2.40. The third kappa shape index (κ3) is 2.06. The summed E-state index contributed by atoms with van der Waals surface area (Å²) in [5, 5.41) is 2.06. The van der Waals surface area contributed by atoms with Gasteiger partial charge in [-0.1, -0.05) is 0 Å². The van der Waals surface area contributed by atoms with Crippen LogP contribution in [0.15, 0.2) is 17.5 Å². The molecule has 3 nitrogen and oxygen atoms in total. The number of thiophene rings is 2. The molecule has 1 aliphatic carbocycles. The zero-order valence-corrected chi connectivity index (χ0v) is 11.9. The van der Waals surface area contributed by atoms with Crippen molar-refractivity contribution in [3.05, 3.63) is 22.4 Å². The maximum Gasteiger partial charge on any atom is 0.264 e. The van der Waals surface area contributed by atoms with Crippen LogP contribution in [0, 0.1) is 5.92 Å². The minimum atomic E-state index is 0.116. The van der Waals surface area contributed by atoms with Crippen molar-refractivity contribution in [3.63, 3.8) is 0 Å². The van der Waals surface area contributed by atoms with Crippen LogP contribution in [0.25, 0.3) is 9.40 Å². The predicted octanol–water partition coefficient (Wildman–Crippen LogP) is 2.77. The van der Waals surface area contributed by atoms with Gasteiger partial charge in [-0.2, -0.15) is 0 Å². The first-order valence-electron chi connectivity index (χ1n) is 6.15. The molecule has 2 N–H and O–H groups in total. The second-order valence-electron chi connectivity index (χ2n) is 4.82. The largest absolute Gasteiger partial charge is 0.336 e. The van der Waals surface area contributed by atoms with Crippen LogP contribution >= 0.6 is 22.7 Å². The molecule has 0 bridgehead atoms. The molecular weight excluding hydrogens is 264 g/mol. The first kappa shape index (κ1) is 12.1. The maximum atomic E-state index is 12.4. The second-order valence-corrected chi connectivity index (χ2v) is 6.85. The molecule has 5 heteroatoms. The van der Waals surface area contributed by atoms with E-state index in [-0.39, 0.29) is 11.9 Å². The molecule has 1 aliphatic rings. The van der Waals surface area contributed by atoms with E-state index in [0.717, 1.165) is 4.88 Å². The van der Waals surface area contributed by atoms with Gasteiger partial charge in [0.1, 0.15) is 0 Å². The molecule has 1 atom stereocenters. The van der Waals surface area contributed by atoms with Gasteiger partial charge >= 0.3 is 0 Å². The molecule has 3 rings (SSSR count). The average molecular weight is 280 g/mol. The molecule has 1 fully saturated rings. The number of amides is 1. The van der Waals surface area contributed by atoms with Crippen LogP contribution in [0.3, 0.4) is 0 Å². The topological polar surface area (TPSA) is 46.3 Å². The molecule has 18 heavy (non-hydrogen) atoms. The summed E-state index contributed by atoms with van der Waals surface area (Å²) in [4.78, 5) is 15.1. The molecule has 0 radical (unpaired) electrons. The average Bonchev–Trinajstić information content (AvgIpc) is 2.96. The summed E-state index contributed by atoms with van der Waals surface area (Å²) in [6.45, 7) is 0.562. The molecule has 0 aliphatic heterocycles. The van der Waals surface area contributed by atoms with Crippen molar-refractivity contribution < 1.29 is 4.79 Å². The van der Waals surface area contributed by atoms with Crippen molar-refractivity contribution in [1.29, 1.82) is 0 Å². The van der Waals surface area contributed by atoms with Crippen LogP contribution in [0.1, 0.15) is 22.5 Å². The summed E-state index contributed by atoms with van der Waals surface area (Å²) in [6.07, 6.45) is 2.41. The van der Waals surface area contributed by atoms with Gasteiger partial charge in [-0.15, -0.1) is 22.7 Å². The molecule has 2 heterocycles. The number of hydrogen-bond acceptors (Lipinski definition) is 4. The van der Waals surface area contributed by atoms with E-state index in [1.54, 1.807) is 22.7 Å². The van der Waals surface area contributed by atoms with E-state index >= 15 is 0 Å². The molecule has 0 spiro atoms. The zero-order valence-electron chi connectivity index (χ0n) is 10.3. The van der Waals surface area contributed by atoms with Crippen LogP contribution in [-0.4, -0.2) is 30.4 Å². The second kappa shape index (κ2) is 4.64. The third-order valence-electron chi connectivity index (χ3n) is 3.58. The van der Waals surface area contributed by atoms with E-state index in [1.165, 1.54) is 22.2 Å². The fourth-order valence-electron chi connectivity index (χ4n) is 2.34. The van der Waals surface area contributed by atoms with Gasteiger partial charge in [-0.05, 0) is 36.3 Å². The highest BCUT2D eigenvalue weighted by Gasteiger charge is 2.35. The Morgan fingerprint density at radius 3 is 2.94 bits per heavy atom. The lowest BCUT2D eigenvalue weighted by molar-refractivity contribution is 0.0723. The number of carbonyl (C=O) groups is 1. The summed E-state index contributed by atoms with van der Waals surface area (Å²) in [6, 6.07) is 4.28. The monoisotopic (exact) mass is 280 g/mol. The molecule has 2 aromatic rings. The predicted molar refractivity (Wildman–Crippen MR) is 77.4 cm³/mol. The van der Waals surface area contributed by atoms with E-state index in [4.69, 9.17) is 5.73 Å². The van der Waals surface area contributed by atoms with Gasteiger partial charge in [-0.3, -0.25) is 4.79 Å². The normalized spacial score (nSPS) is 17.0. The van der Waals surface area contributed by atoms with Crippen molar-refractivity contribution in [2.24, 2.45) is 11.7 Å². The Bertz CT molecular complexity index is 542. The lowest BCUT2D eigenvalue weighted by Gasteiger charge is -2.26. The van der Waals surface area contributed by atoms with Crippen LogP contribution < -0.4 is 5.73 Å². The molecular formula is C13H16N2OS2. The van der Waals surface area contributed by atoms with Gasteiger partial charge in [0.05, 0.1) is 4.88 Å². The van der Waals surface area contributed by atoms with Crippen LogP contribution in [0.4, 0.5) is 0 Å². The summed E-state index contributed by atoms with van der Waals surface area (Å²) >= 11 is 3.26. The Labute approximate surface area is 114 Å². The molecule has 2 aromatic heterocycles. The van der Waals surface area contributed by atoms with Crippen molar-refractivity contribution in [2.45, 2.75) is 18.9 Å². The highest BCUT2D eigenvalue weighted by molar-refractivity contribution is 7.27. The number of nitrogens with two attached hydrogens (primary N) is 1. The van der Waals surface area contributed by atoms with Gasteiger partial charge < -0.3 is 10.6 Å². The Morgan fingerprint density at radius 1 is 1.56 bits per heavy atom. The van der Waals surface area contributed by atoms with Crippen molar-refractivity contribution >= 4 is 38.0 Å². The van der Waals surface area contributed by atoms with Crippen molar-refractivity contribution in [3.8, 4) is 0 Å². The Hall–Kier alpha value is -0.910. The molecule has 0 saturated heterocycles. The minimum Gasteiger partial charge on any atom is -0.336 e. The van der Waals surface area contributed by atoms with Gasteiger partial charge in [0, 0.05) is 29.0 Å². The number of likely N-dealkylation sites (N-methyl/N-ethyl adjacent to an activating group) is 1. The van der Waals surface area contributed by atoms with Crippen LogP contribution in [-0.2, 0) is 0 Å². The summed E-state index contributed by atoms with van der Waals surface area (Å²) in [5.41, 5.74) is 5.80. The van der Waals surface area contributed by atoms with Crippen LogP contribution in [0.2, 0.25) is 0 Å². The molecule has 0 aromatic carbocycles. The van der Waals surface area contributed by atoms with Crippen molar-refractivity contribution in [1.82, 2.24) is 4.90 Å². The molecule has 1 amide bonds. The molecule has 1 unspecified atom stereocenters. The fourth-order valence-corrected chi connectivity index (χ4v) is 4.43. The van der Waals surface area contributed by atoms with E-state index in [9.17, 15) is 4.79 Å². The van der Waals surface area contributed by atoms with Gasteiger partial charge in [0.15, 0.2) is 0 Å². The fraction of sp³-hybridized carbons (Fsp3) is 0.462. The highest BCUT2D eigenvalue weighted by Crippen LogP contribution is 2.36. The number of fused-ring (bicyclic) bond motifs is 1. The maximum absolute atomic E-state index is 12.4. The third-order valence-corrected chi connectivity index (χ3v) is 5.66. The molecule has 96 valence electrons. The van der Waals surface area contributed by atoms with Crippen molar-refractivity contribution in [2.75, 3.05) is 13.6 Å². The molecule has 1 saturated carbocycles. The first-order valence-corrected chi connectivity index (χ1v) is 7.84. The Kier molecular flexibility index (Phi) is 3.13. The number of carbonyl (C=O) groups excluding carboxylic acids is 1. The lowest BCUT2D eigenvalue weighted by atomic mass is 10.1. The SMILES string of the molecule is CN(C(=O)c1cc2sccc2s1)C(CN)C1CC1. The summed E-state index contributed by atoms with van der Waals surface area (Å²) in [7, 11) is 1.88. The van der Waals surface area contributed by atoms with Gasteiger partial charge in [-0.25, -0.2) is 0 Å². The Morgan fingerprint density at radius 2 is 2.33 bits per heavy atom. The van der Waals surface area contributed by atoms with E-state index in [2.05, 4.69) is 11.4 Å². The lowest BCUT2D eigenvalue weighted by Crippen LogP contribution is -2.43. The minimum absolute atomic E-state index is 0.116. The van der Waals surface area contributed by atoms with E-state index < -0.39 is 0 Å². The zero-order chi connectivity index (χ0) is 12.7. The standard InChI is InChI=1S/C13H16N2OS2/c1-15(9(7-14)8-2-3-8)13(16)12-6-11-10(18-12)4-5-17-11/h4-6,8-9H,2-3,7,14H2,1H3. The Balaban J connectivity index is 1.82. The summed E-state index contributed by atoms with van der Waals surface area (Å²) in [5.74, 6) is 0.732. The number of hydrogen-bond donors (Lipinski definition) is 1. The quantitative estimate of drug-likeness (QED) is 0.936. The van der Waals surface area contributed by atoms with Gasteiger partial charge in [0.25, 0.3) is 5.91 Å². The van der Waals surface area contributed by atoms with Gasteiger partial charge in [0.2, 0.25) is 0 Å². The van der Waals surface area contributed by atoms with E-state index in [0.29, 0.717) is 12.5 Å². The smallest absolute Gasteiger partial charge is 0.264 e. The van der Waals surface area contributed by atoms with E-state index in [1.807, 2.05) is 18.0 Å². The number of nitrogens with zero attached hydrogens (tertiary/aromatic N) is 1. The highest BCUT2D eigenvalue weighted by atomic mass is 32.1.